The van der Waals surface area contributed by atoms with Crippen LogP contribution in [-0.2, 0) is 15.9 Å². The van der Waals surface area contributed by atoms with Gasteiger partial charge in [-0.15, -0.1) is 5.10 Å². The summed E-state index contributed by atoms with van der Waals surface area (Å²) in [4.78, 5) is 33.4. The Labute approximate surface area is 248 Å². The number of aryl methyl sites for hydroxylation is 1. The summed E-state index contributed by atoms with van der Waals surface area (Å²) in [6.07, 6.45) is 2.09. The van der Waals surface area contributed by atoms with Crippen molar-refractivity contribution in [2.45, 2.75) is 25.0 Å². The van der Waals surface area contributed by atoms with Crippen LogP contribution in [0.4, 0.5) is 10.5 Å². The fourth-order valence-corrected chi connectivity index (χ4v) is 5.68. The van der Waals surface area contributed by atoms with Crippen LogP contribution >= 0.6 is 23.2 Å². The molecule has 5 aromatic rings. The number of nitrogens with zero attached hydrogens (tertiary/aromatic N) is 6. The number of ether oxygens (including phenoxy) is 2. The minimum atomic E-state index is -0.533. The largest absolute Gasteiger partial charge is 0.441 e. The number of anilines is 1. The first-order chi connectivity index (χ1) is 20.4. The van der Waals surface area contributed by atoms with Gasteiger partial charge >= 0.3 is 6.09 Å². The van der Waals surface area contributed by atoms with Crippen molar-refractivity contribution >= 4 is 35.0 Å². The molecule has 2 N–H and O–H groups in total. The van der Waals surface area contributed by atoms with Crippen LogP contribution in [0.2, 0.25) is 10.2 Å². The molecular weight excluding hydrogens is 583 g/mol. The number of fused-ring (bicyclic) bond motifs is 1. The molecule has 42 heavy (non-hydrogen) atoms. The number of halogens is 2. The van der Waals surface area contributed by atoms with Gasteiger partial charge in [-0.05, 0) is 77.4 Å². The Bertz CT molecular complexity index is 1850. The van der Waals surface area contributed by atoms with Crippen LogP contribution in [-0.4, -0.2) is 60.2 Å². The average Bonchev–Trinajstić information content (AvgIpc) is 3.71. The predicted molar refractivity (Wildman–Crippen MR) is 154 cm³/mol. The molecule has 0 spiro atoms. The van der Waals surface area contributed by atoms with Gasteiger partial charge in [-0.1, -0.05) is 23.2 Å². The molecule has 1 amide bonds. The van der Waals surface area contributed by atoms with Crippen molar-refractivity contribution in [2.24, 2.45) is 0 Å². The van der Waals surface area contributed by atoms with Crippen molar-refractivity contribution < 1.29 is 14.3 Å². The molecule has 2 aromatic carbocycles. The molecule has 0 aliphatic carbocycles. The molecule has 0 unspecified atom stereocenters. The number of amides is 1. The summed E-state index contributed by atoms with van der Waals surface area (Å²) in [6.45, 7) is 0.828. The molecule has 1 saturated heterocycles. The molecule has 2 aliphatic heterocycles. The highest BCUT2D eigenvalue weighted by atomic mass is 35.5. The second-order valence-electron chi connectivity index (χ2n) is 9.97. The van der Waals surface area contributed by atoms with Crippen molar-refractivity contribution in [2.75, 3.05) is 18.5 Å². The molecule has 212 valence electrons. The molecule has 0 radical (unpaired) electrons. The van der Waals surface area contributed by atoms with Gasteiger partial charge in [0.15, 0.2) is 11.3 Å². The number of carbonyl (C=O) groups excluding carboxylic acids is 1. The number of carbonyl (C=O) groups is 1. The van der Waals surface area contributed by atoms with Gasteiger partial charge in [0.25, 0.3) is 5.56 Å². The fourth-order valence-electron chi connectivity index (χ4n) is 5.25. The van der Waals surface area contributed by atoms with Crippen LogP contribution < -0.4 is 10.9 Å². The standard InChI is InChI=1S/C28H22Cl2N8O4/c29-17-3-7-22(37-14-31-35-36-37)21(11-17)16-9-19-6-8-23(38(19)24(39)10-16)25-26(30)34-27(33-25)15-1-4-18(5-2-15)32-28(40)42-20-12-41-13-20/h1-5,7,9-11,14,20,23H,6,8,12-13H2,(H,32,40)(H,33,34)/t23-/m0/s1. The van der Waals surface area contributed by atoms with Crippen LogP contribution in [0.15, 0.2) is 65.7 Å². The maximum atomic E-state index is 13.5. The number of tetrazole rings is 1. The number of nitrogens with one attached hydrogen (secondary N) is 2. The lowest BCUT2D eigenvalue weighted by atomic mass is 10.0. The highest BCUT2D eigenvalue weighted by Gasteiger charge is 2.30. The molecule has 14 heteroatoms. The number of hydrogen-bond acceptors (Lipinski definition) is 8. The van der Waals surface area contributed by atoms with E-state index in [1.807, 2.05) is 24.3 Å². The smallest absolute Gasteiger partial charge is 0.412 e. The third kappa shape index (κ3) is 4.93. The zero-order chi connectivity index (χ0) is 28.8. The maximum absolute atomic E-state index is 13.5. The van der Waals surface area contributed by atoms with E-state index in [9.17, 15) is 9.59 Å². The summed E-state index contributed by atoms with van der Waals surface area (Å²) >= 11 is 12.9. The Balaban J connectivity index is 1.15. The van der Waals surface area contributed by atoms with Crippen LogP contribution in [0.3, 0.4) is 0 Å². The molecule has 0 bridgehead atoms. The molecule has 5 heterocycles. The van der Waals surface area contributed by atoms with Gasteiger partial charge in [-0.2, -0.15) is 4.68 Å². The Morgan fingerprint density at radius 2 is 1.90 bits per heavy atom. The molecule has 7 rings (SSSR count). The number of aromatic amines is 1. The van der Waals surface area contributed by atoms with Crippen LogP contribution in [0.5, 0.6) is 0 Å². The van der Waals surface area contributed by atoms with E-state index in [-0.39, 0.29) is 17.7 Å². The van der Waals surface area contributed by atoms with E-state index in [1.165, 1.54) is 11.0 Å². The lowest BCUT2D eigenvalue weighted by molar-refractivity contribution is -0.0951. The van der Waals surface area contributed by atoms with Gasteiger partial charge in [-0.25, -0.2) is 9.78 Å². The lowest BCUT2D eigenvalue weighted by Crippen LogP contribution is -2.38. The number of H-pyrrole nitrogens is 1. The van der Waals surface area contributed by atoms with Gasteiger partial charge < -0.3 is 19.0 Å². The average molecular weight is 605 g/mol. The summed E-state index contributed by atoms with van der Waals surface area (Å²) in [6, 6.07) is 15.8. The molecule has 3 aromatic heterocycles. The van der Waals surface area contributed by atoms with Gasteiger partial charge in [0.05, 0.1) is 30.6 Å². The van der Waals surface area contributed by atoms with Crippen molar-refractivity contribution in [1.82, 2.24) is 34.7 Å². The summed E-state index contributed by atoms with van der Waals surface area (Å²) in [5.41, 5.74) is 4.87. The van der Waals surface area contributed by atoms with Crippen LogP contribution in [0.1, 0.15) is 23.9 Å². The number of rotatable bonds is 6. The Hall–Kier alpha value is -4.52. The van der Waals surface area contributed by atoms with Crippen molar-refractivity contribution in [3.8, 4) is 28.2 Å². The lowest BCUT2D eigenvalue weighted by Gasteiger charge is -2.25. The molecular formula is C28H22Cl2N8O4. The monoisotopic (exact) mass is 604 g/mol. The van der Waals surface area contributed by atoms with Crippen molar-refractivity contribution in [3.63, 3.8) is 0 Å². The Morgan fingerprint density at radius 3 is 2.64 bits per heavy atom. The van der Waals surface area contributed by atoms with E-state index in [0.29, 0.717) is 59.1 Å². The molecule has 2 aliphatic rings. The number of hydrogen-bond donors (Lipinski definition) is 2. The van der Waals surface area contributed by atoms with Gasteiger partial charge in [-0.3, -0.25) is 10.1 Å². The third-order valence-electron chi connectivity index (χ3n) is 7.30. The molecule has 1 atom stereocenters. The minimum absolute atomic E-state index is 0.171. The van der Waals surface area contributed by atoms with Gasteiger partial charge in [0, 0.05) is 33.6 Å². The number of benzene rings is 2. The fraction of sp³-hybridized carbons (Fsp3) is 0.214. The summed E-state index contributed by atoms with van der Waals surface area (Å²) in [5.74, 6) is 0.555. The normalized spacial score (nSPS) is 16.2. The first-order valence-electron chi connectivity index (χ1n) is 13.1. The van der Waals surface area contributed by atoms with Crippen molar-refractivity contribution in [1.29, 1.82) is 0 Å². The summed E-state index contributed by atoms with van der Waals surface area (Å²) in [5, 5.41) is 15.0. The first kappa shape index (κ1) is 26.4. The number of imidazole rings is 1. The van der Waals surface area contributed by atoms with E-state index < -0.39 is 6.09 Å². The quantitative estimate of drug-likeness (QED) is 0.285. The second kappa shape index (κ2) is 10.7. The van der Waals surface area contributed by atoms with Crippen molar-refractivity contribution in [3.05, 3.63) is 92.8 Å². The molecule has 1 fully saturated rings. The number of aromatic nitrogens is 7. The molecule has 0 saturated carbocycles. The van der Waals surface area contributed by atoms with Gasteiger partial charge in [0.1, 0.15) is 12.2 Å². The van der Waals surface area contributed by atoms with E-state index >= 15 is 0 Å². The second-order valence-corrected chi connectivity index (χ2v) is 10.8. The van der Waals surface area contributed by atoms with E-state index in [0.717, 1.165) is 22.4 Å². The topological polar surface area (TPSA) is 142 Å². The summed E-state index contributed by atoms with van der Waals surface area (Å²) < 4.78 is 13.5. The SMILES string of the molecule is O=C(Nc1ccc(-c2nc(Cl)c([C@@H]3CCc4cc(-c5cc(Cl)ccc5-n5cnnn5)cc(=O)n43)[nH]2)cc1)OC1COC1. The highest BCUT2D eigenvalue weighted by Crippen LogP contribution is 2.37. The maximum Gasteiger partial charge on any atom is 0.412 e. The Kier molecular flexibility index (Phi) is 6.73. The Morgan fingerprint density at radius 1 is 1.07 bits per heavy atom. The van der Waals surface area contributed by atoms with Crippen LogP contribution in [0.25, 0.3) is 28.2 Å². The number of pyridine rings is 1. The van der Waals surface area contributed by atoms with Crippen LogP contribution in [0, 0.1) is 0 Å². The van der Waals surface area contributed by atoms with E-state index in [1.54, 1.807) is 34.9 Å². The summed E-state index contributed by atoms with van der Waals surface area (Å²) in [7, 11) is 0. The molecule has 12 nitrogen and oxygen atoms in total. The van der Waals surface area contributed by atoms with Gasteiger partial charge in [0.2, 0.25) is 0 Å². The zero-order valence-corrected chi connectivity index (χ0v) is 23.3. The first-order valence-corrected chi connectivity index (χ1v) is 13.9. The van der Waals surface area contributed by atoms with E-state index in [2.05, 4.69) is 30.8 Å². The van der Waals surface area contributed by atoms with E-state index in [4.69, 9.17) is 32.7 Å². The highest BCUT2D eigenvalue weighted by molar-refractivity contribution is 6.31. The third-order valence-corrected chi connectivity index (χ3v) is 7.83. The zero-order valence-electron chi connectivity index (χ0n) is 21.8. The predicted octanol–water partition coefficient (Wildman–Crippen LogP) is 4.67. The minimum Gasteiger partial charge on any atom is -0.441 e.